The molecule has 8 rings (SSSR count). The van der Waals surface area contributed by atoms with Crippen LogP contribution >= 0.6 is 0 Å². The number of imidazole rings is 1. The summed E-state index contributed by atoms with van der Waals surface area (Å²) in [6.45, 7) is 28.9. The number of para-hydroxylation sites is 1. The summed E-state index contributed by atoms with van der Waals surface area (Å²) in [7, 11) is 0. The molecule has 0 atom stereocenters. The van der Waals surface area contributed by atoms with Crippen LogP contribution in [0.4, 0.5) is 0 Å². The van der Waals surface area contributed by atoms with Crippen LogP contribution in [-0.2, 0) is 27.1 Å². The molecular formula is C63H71N3O. The summed E-state index contributed by atoms with van der Waals surface area (Å²) in [6, 6.07) is 23.3. The molecule has 2 aromatic heterocycles. The molecule has 2 heterocycles. The van der Waals surface area contributed by atoms with Crippen LogP contribution in [0, 0.1) is 6.85 Å². The highest BCUT2D eigenvalue weighted by atomic mass is 16.3. The predicted molar refractivity (Wildman–Crippen MR) is 286 cm³/mol. The van der Waals surface area contributed by atoms with Gasteiger partial charge in [0.15, 0.2) is 0 Å². The second-order valence-electron chi connectivity index (χ2n) is 23.1. The number of rotatable bonds is 6. The fraction of sp³-hybridized carbons (Fsp3) is 0.333. The molecule has 0 saturated heterocycles. The van der Waals surface area contributed by atoms with Crippen LogP contribution in [0.3, 0.4) is 0 Å². The third-order valence-corrected chi connectivity index (χ3v) is 12.7. The smallest absolute Gasteiger partial charge is 0.149 e. The number of fused-ring (bicyclic) bond motifs is 1. The summed E-state index contributed by atoms with van der Waals surface area (Å²) >= 11 is 0. The van der Waals surface area contributed by atoms with E-state index in [0.717, 1.165) is 33.4 Å². The van der Waals surface area contributed by atoms with Crippen molar-refractivity contribution in [3.05, 3.63) is 167 Å². The van der Waals surface area contributed by atoms with Gasteiger partial charge in [-0.1, -0.05) is 183 Å². The van der Waals surface area contributed by atoms with Crippen LogP contribution < -0.4 is 0 Å². The molecule has 0 fully saturated rings. The molecule has 0 radical (unpaired) electrons. The van der Waals surface area contributed by atoms with Gasteiger partial charge in [0.2, 0.25) is 0 Å². The Morgan fingerprint density at radius 1 is 0.522 bits per heavy atom. The molecule has 0 aliphatic rings. The van der Waals surface area contributed by atoms with Crippen LogP contribution in [0.25, 0.3) is 72.7 Å². The van der Waals surface area contributed by atoms with Gasteiger partial charge in [0.25, 0.3) is 0 Å². The lowest BCUT2D eigenvalue weighted by atomic mass is 9.78. The minimum absolute atomic E-state index is 0.0133. The van der Waals surface area contributed by atoms with E-state index in [-0.39, 0.29) is 50.4 Å². The largest absolute Gasteiger partial charge is 0.507 e. The summed E-state index contributed by atoms with van der Waals surface area (Å²) < 4.78 is 99.3. The van der Waals surface area contributed by atoms with E-state index in [2.05, 4.69) is 85.5 Å². The molecule has 344 valence electrons. The number of benzene rings is 6. The summed E-state index contributed by atoms with van der Waals surface area (Å²) in [5.41, 5.74) is 7.26. The van der Waals surface area contributed by atoms with Crippen molar-refractivity contribution in [1.29, 1.82) is 0 Å². The summed E-state index contributed by atoms with van der Waals surface area (Å²) in [4.78, 5) is 9.94. The number of phenolic OH excluding ortho intramolecular Hbond substituents is 1. The van der Waals surface area contributed by atoms with Gasteiger partial charge in [-0.3, -0.25) is 9.55 Å². The standard InChI is InChI=1S/C63H71N3O/c1-39-29-41(43-31-47(60(5,6)7)36-48(32-43)61(8,9)10)25-26-54(39)66-55-24-20-23-50(56(55)65-58(66)51-37-49(62(11,12)13)38-52(57(51)67)63(14,15)16)44-30-45(34-46(33-44)59(2,3)4)53-35-42(27-28-64-53)40-21-18-17-19-22-40/h17-38,67H,1-16H3/i1D3,17D,18D,19D,21D,22D,27D,28D,35D. The summed E-state index contributed by atoms with van der Waals surface area (Å²) in [6.07, 6.45) is -0.546. The highest BCUT2D eigenvalue weighted by Crippen LogP contribution is 2.46. The number of hydrogen-bond donors (Lipinski definition) is 1. The number of aromatic hydroxyl groups is 1. The Kier molecular flexibility index (Phi) is 8.77. The number of phenols is 1. The second-order valence-corrected chi connectivity index (χ2v) is 23.1. The summed E-state index contributed by atoms with van der Waals surface area (Å²) in [5, 5.41) is 12.6. The Balaban J connectivity index is 1.49. The van der Waals surface area contributed by atoms with Gasteiger partial charge >= 0.3 is 0 Å². The fourth-order valence-electron chi connectivity index (χ4n) is 8.44. The highest BCUT2D eigenvalue weighted by Gasteiger charge is 2.30. The van der Waals surface area contributed by atoms with E-state index in [1.807, 2.05) is 101 Å². The lowest BCUT2D eigenvalue weighted by Gasteiger charge is -2.27. The third kappa shape index (κ3) is 9.51. The molecule has 67 heavy (non-hydrogen) atoms. The Morgan fingerprint density at radius 2 is 1.12 bits per heavy atom. The van der Waals surface area contributed by atoms with Crippen molar-refractivity contribution in [3.8, 4) is 67.5 Å². The SMILES string of the molecule is [2H]c1nc(-c2cc(-c3cccc4c3nc(-c3cc(C(C)(C)C)cc(C(C)(C)C)c3O)n4-c3ccc(-c4cc(C(C)(C)C)cc(C(C)(C)C)c4)cc3C([2H])([2H])[2H])cc(C(C)(C)C)c2)c([2H])c(-c2c([2H])c([2H])c([2H])c([2H])c2[2H])c1[2H]. The molecule has 0 bridgehead atoms. The molecule has 0 saturated carbocycles. The van der Waals surface area contributed by atoms with Crippen molar-refractivity contribution in [2.75, 3.05) is 0 Å². The average molecular weight is 897 g/mol. The maximum Gasteiger partial charge on any atom is 0.149 e. The molecule has 4 heteroatoms. The Hall–Kier alpha value is -6.26. The van der Waals surface area contributed by atoms with Gasteiger partial charge in [0.1, 0.15) is 11.6 Å². The van der Waals surface area contributed by atoms with Gasteiger partial charge in [-0.2, -0.15) is 0 Å². The van der Waals surface area contributed by atoms with Gasteiger partial charge in [0, 0.05) is 27.0 Å². The van der Waals surface area contributed by atoms with Crippen LogP contribution in [-0.4, -0.2) is 19.6 Å². The minimum atomic E-state index is -2.63. The molecular weight excluding hydrogens is 815 g/mol. The third-order valence-electron chi connectivity index (χ3n) is 12.7. The predicted octanol–water partition coefficient (Wildman–Crippen LogP) is 17.3. The van der Waals surface area contributed by atoms with Crippen LogP contribution in [0.2, 0.25) is 0 Å². The fourth-order valence-corrected chi connectivity index (χ4v) is 8.44. The van der Waals surface area contributed by atoms with Crippen molar-refractivity contribution in [1.82, 2.24) is 14.5 Å². The van der Waals surface area contributed by atoms with Crippen molar-refractivity contribution < 1.29 is 20.2 Å². The van der Waals surface area contributed by atoms with E-state index in [0.29, 0.717) is 50.4 Å². The molecule has 0 unspecified atom stereocenters. The second kappa shape index (κ2) is 16.8. The van der Waals surface area contributed by atoms with E-state index in [1.165, 1.54) is 0 Å². The quantitative estimate of drug-likeness (QED) is 0.181. The van der Waals surface area contributed by atoms with Gasteiger partial charge in [0.05, 0.1) is 38.9 Å². The van der Waals surface area contributed by atoms with Crippen molar-refractivity contribution >= 4 is 11.0 Å². The maximum atomic E-state index is 12.6. The highest BCUT2D eigenvalue weighted by molar-refractivity contribution is 5.97. The lowest BCUT2D eigenvalue weighted by Crippen LogP contribution is -2.17. The van der Waals surface area contributed by atoms with Crippen molar-refractivity contribution in [2.45, 2.75) is 138 Å². The van der Waals surface area contributed by atoms with Gasteiger partial charge in [-0.25, -0.2) is 4.98 Å². The molecule has 0 aliphatic heterocycles. The normalized spacial score (nSPS) is 15.4. The Bertz CT molecular complexity index is 3680. The van der Waals surface area contributed by atoms with Gasteiger partial charge in [-0.05, 0) is 138 Å². The van der Waals surface area contributed by atoms with Gasteiger partial charge < -0.3 is 5.11 Å². The summed E-state index contributed by atoms with van der Waals surface area (Å²) in [5.74, 6) is 0.324. The van der Waals surface area contributed by atoms with E-state index in [9.17, 15) is 10.6 Å². The minimum Gasteiger partial charge on any atom is -0.507 e. The first-order valence-electron chi connectivity index (χ1n) is 28.6. The Morgan fingerprint density at radius 3 is 1.73 bits per heavy atom. The lowest BCUT2D eigenvalue weighted by molar-refractivity contribution is 0.446. The molecule has 1 N–H and O–H groups in total. The Labute approximate surface area is 416 Å². The molecule has 0 amide bonds. The monoisotopic (exact) mass is 897 g/mol. The van der Waals surface area contributed by atoms with Gasteiger partial charge in [-0.15, -0.1) is 0 Å². The topological polar surface area (TPSA) is 50.9 Å². The first kappa shape index (κ1) is 35.0. The first-order chi connectivity index (χ1) is 35.7. The average Bonchev–Trinajstić information content (AvgIpc) is 3.72. The van der Waals surface area contributed by atoms with Crippen LogP contribution in [0.5, 0.6) is 5.75 Å². The zero-order valence-electron chi connectivity index (χ0n) is 52.9. The van der Waals surface area contributed by atoms with E-state index < -0.39 is 60.1 Å². The van der Waals surface area contributed by atoms with E-state index >= 15 is 0 Å². The molecule has 4 nitrogen and oxygen atoms in total. The number of nitrogens with zero attached hydrogens (tertiary/aromatic N) is 3. The van der Waals surface area contributed by atoms with E-state index in [4.69, 9.17) is 14.6 Å². The first-order valence-corrected chi connectivity index (χ1v) is 23.1. The number of pyridine rings is 1. The van der Waals surface area contributed by atoms with Crippen molar-refractivity contribution in [2.24, 2.45) is 0 Å². The molecule has 8 aromatic rings. The number of hydrogen-bond acceptors (Lipinski definition) is 3. The number of aryl methyl sites for hydroxylation is 1. The number of aromatic nitrogens is 3. The zero-order valence-corrected chi connectivity index (χ0v) is 41.9. The van der Waals surface area contributed by atoms with Crippen molar-refractivity contribution in [3.63, 3.8) is 0 Å². The van der Waals surface area contributed by atoms with Crippen LogP contribution in [0.15, 0.2) is 133 Å². The van der Waals surface area contributed by atoms with Crippen LogP contribution in [0.1, 0.15) is 152 Å². The molecule has 0 aliphatic carbocycles. The maximum absolute atomic E-state index is 12.6. The zero-order chi connectivity index (χ0) is 58.1. The molecule has 6 aromatic carbocycles. The molecule has 0 spiro atoms. The van der Waals surface area contributed by atoms with E-state index in [1.54, 1.807) is 12.1 Å².